The topological polar surface area (TPSA) is 97.2 Å². The van der Waals surface area contributed by atoms with Crippen LogP contribution in [0.1, 0.15) is 31.2 Å². The first kappa shape index (κ1) is 22.3. The zero-order valence-corrected chi connectivity index (χ0v) is 18.3. The Labute approximate surface area is 183 Å². The highest BCUT2D eigenvalue weighted by atomic mass is 19.4. The third kappa shape index (κ3) is 4.23. The van der Waals surface area contributed by atoms with E-state index in [1.165, 1.54) is 10.9 Å². The molecule has 2 N–H and O–H groups in total. The van der Waals surface area contributed by atoms with Crippen molar-refractivity contribution in [3.8, 4) is 0 Å². The Hall–Kier alpha value is -2.89. The molecule has 1 saturated carbocycles. The normalized spacial score (nSPS) is 23.9. The van der Waals surface area contributed by atoms with Gasteiger partial charge in [-0.1, -0.05) is 0 Å². The summed E-state index contributed by atoms with van der Waals surface area (Å²) in [4.78, 5) is 23.4. The molecule has 0 saturated heterocycles. The minimum Gasteiger partial charge on any atom is -0.379 e. The SMILES string of the molecule is COC(C)[C@H]1C(=O)Nc2c(C)nc(N[C@H]3C[C@@H](Cn4ccc(C(F)(F)F)n4)C3)nc2N1C. The van der Waals surface area contributed by atoms with Crippen LogP contribution < -0.4 is 15.5 Å². The molecule has 0 spiro atoms. The molecule has 1 aliphatic heterocycles. The molecule has 3 heterocycles. The van der Waals surface area contributed by atoms with Crippen LogP contribution in [0.4, 0.5) is 30.6 Å². The van der Waals surface area contributed by atoms with Crippen LogP contribution >= 0.6 is 0 Å². The number of carbonyl (C=O) groups excluding carboxylic acids is 1. The molecule has 12 heteroatoms. The zero-order valence-electron chi connectivity index (χ0n) is 18.3. The molecule has 1 fully saturated rings. The van der Waals surface area contributed by atoms with Gasteiger partial charge in [0.25, 0.3) is 0 Å². The molecular weight excluding hydrogens is 427 g/mol. The molecule has 9 nitrogen and oxygen atoms in total. The number of halogens is 3. The molecule has 2 aromatic heterocycles. The minimum atomic E-state index is -4.43. The summed E-state index contributed by atoms with van der Waals surface area (Å²) in [6, 6.07) is 0.594. The van der Waals surface area contributed by atoms with Crippen LogP contribution in [0.25, 0.3) is 0 Å². The van der Waals surface area contributed by atoms with Crippen LogP contribution in [-0.2, 0) is 22.3 Å². The molecule has 1 unspecified atom stereocenters. The number of fused-ring (bicyclic) bond motifs is 1. The van der Waals surface area contributed by atoms with Gasteiger partial charge in [-0.3, -0.25) is 9.48 Å². The predicted molar refractivity (Wildman–Crippen MR) is 111 cm³/mol. The van der Waals surface area contributed by atoms with Crippen molar-refractivity contribution in [1.82, 2.24) is 19.7 Å². The van der Waals surface area contributed by atoms with Crippen LogP contribution in [0.5, 0.6) is 0 Å². The second kappa shape index (κ2) is 8.23. The van der Waals surface area contributed by atoms with E-state index in [-0.39, 0.29) is 24.0 Å². The monoisotopic (exact) mass is 453 g/mol. The third-order valence-corrected chi connectivity index (χ3v) is 6.10. The van der Waals surface area contributed by atoms with Crippen LogP contribution in [-0.4, -0.2) is 58.0 Å². The number of nitrogens with one attached hydrogen (secondary N) is 2. The van der Waals surface area contributed by atoms with Crippen molar-refractivity contribution in [2.75, 3.05) is 29.7 Å². The number of aromatic nitrogens is 4. The van der Waals surface area contributed by atoms with Crippen molar-refractivity contribution in [1.29, 1.82) is 0 Å². The molecule has 0 aromatic carbocycles. The van der Waals surface area contributed by atoms with Gasteiger partial charge in [-0.25, -0.2) is 4.98 Å². The molecule has 2 atom stereocenters. The van der Waals surface area contributed by atoms with Gasteiger partial charge in [0, 0.05) is 32.9 Å². The molecule has 174 valence electrons. The predicted octanol–water partition coefficient (Wildman–Crippen LogP) is 2.68. The quantitative estimate of drug-likeness (QED) is 0.694. The zero-order chi connectivity index (χ0) is 23.2. The first-order chi connectivity index (χ1) is 15.1. The second-order valence-corrected chi connectivity index (χ2v) is 8.42. The molecule has 2 aromatic rings. The molecule has 32 heavy (non-hydrogen) atoms. The lowest BCUT2D eigenvalue weighted by molar-refractivity contribution is -0.141. The Morgan fingerprint density at radius 2 is 2.06 bits per heavy atom. The number of amides is 1. The number of hydrogen-bond donors (Lipinski definition) is 2. The maximum absolute atomic E-state index is 12.7. The molecule has 2 aliphatic rings. The smallest absolute Gasteiger partial charge is 0.379 e. The number of aryl methyl sites for hydroxylation is 1. The van der Waals surface area contributed by atoms with Gasteiger partial charge in [-0.2, -0.15) is 23.3 Å². The average Bonchev–Trinajstić information content (AvgIpc) is 3.16. The number of ether oxygens (including phenoxy) is 1. The van der Waals surface area contributed by atoms with Crippen molar-refractivity contribution in [3.05, 3.63) is 23.7 Å². The van der Waals surface area contributed by atoms with Gasteiger partial charge in [0.1, 0.15) is 11.7 Å². The number of alkyl halides is 3. The van der Waals surface area contributed by atoms with E-state index < -0.39 is 17.9 Å². The van der Waals surface area contributed by atoms with Gasteiger partial charge in [-0.15, -0.1) is 0 Å². The van der Waals surface area contributed by atoms with Crippen molar-refractivity contribution < 1.29 is 22.7 Å². The summed E-state index contributed by atoms with van der Waals surface area (Å²) in [5, 5.41) is 9.79. The first-order valence-electron chi connectivity index (χ1n) is 10.4. The Kier molecular flexibility index (Phi) is 5.74. The second-order valence-electron chi connectivity index (χ2n) is 8.42. The Morgan fingerprint density at radius 3 is 2.69 bits per heavy atom. The maximum atomic E-state index is 12.7. The number of nitrogens with zero attached hydrogens (tertiary/aromatic N) is 5. The Morgan fingerprint density at radius 1 is 1.34 bits per heavy atom. The first-order valence-corrected chi connectivity index (χ1v) is 10.4. The molecule has 4 rings (SSSR count). The summed E-state index contributed by atoms with van der Waals surface area (Å²) in [5.74, 6) is 1.12. The van der Waals surface area contributed by atoms with E-state index in [9.17, 15) is 18.0 Å². The van der Waals surface area contributed by atoms with Crippen LogP contribution in [0.2, 0.25) is 0 Å². The van der Waals surface area contributed by atoms with E-state index >= 15 is 0 Å². The number of rotatable bonds is 6. The molecule has 1 aliphatic carbocycles. The number of hydrogen-bond acceptors (Lipinski definition) is 7. The maximum Gasteiger partial charge on any atom is 0.435 e. The molecule has 0 radical (unpaired) electrons. The average molecular weight is 453 g/mol. The third-order valence-electron chi connectivity index (χ3n) is 6.10. The fourth-order valence-electron chi connectivity index (χ4n) is 4.25. The molecular formula is C20H26F3N7O2. The van der Waals surface area contributed by atoms with Gasteiger partial charge >= 0.3 is 6.18 Å². The minimum absolute atomic E-state index is 0.118. The van der Waals surface area contributed by atoms with Gasteiger partial charge < -0.3 is 20.3 Å². The lowest BCUT2D eigenvalue weighted by atomic mass is 9.80. The van der Waals surface area contributed by atoms with Crippen molar-refractivity contribution in [2.45, 2.75) is 57.6 Å². The van der Waals surface area contributed by atoms with Crippen molar-refractivity contribution >= 4 is 23.4 Å². The van der Waals surface area contributed by atoms with Crippen molar-refractivity contribution in [2.24, 2.45) is 5.92 Å². The van der Waals surface area contributed by atoms with E-state index in [1.807, 2.05) is 6.92 Å². The van der Waals surface area contributed by atoms with Gasteiger partial charge in [-0.05, 0) is 38.7 Å². The summed E-state index contributed by atoms with van der Waals surface area (Å²) in [6.45, 7) is 4.06. The summed E-state index contributed by atoms with van der Waals surface area (Å²) < 4.78 is 44.8. The lowest BCUT2D eigenvalue weighted by Gasteiger charge is -2.38. The highest BCUT2D eigenvalue weighted by Gasteiger charge is 2.38. The van der Waals surface area contributed by atoms with Crippen LogP contribution in [0.15, 0.2) is 12.3 Å². The fraction of sp³-hybridized carbons (Fsp3) is 0.600. The van der Waals surface area contributed by atoms with E-state index in [4.69, 9.17) is 4.74 Å². The number of anilines is 3. The largest absolute Gasteiger partial charge is 0.435 e. The standard InChI is InChI=1S/C20H26F3N7O2/c1-10-15-17(29(3)16(11(2)32-4)18(31)26-15)27-19(24-10)25-13-7-12(8-13)9-30-6-5-14(28-30)20(21,22)23/h5-6,11-13,16H,7-9H2,1-4H3,(H,26,31)(H,24,25,27)/t11?,12-,13+,16-/m0/s1. The summed E-state index contributed by atoms with van der Waals surface area (Å²) in [5.41, 5.74) is 0.350. The molecule has 0 bridgehead atoms. The van der Waals surface area contributed by atoms with Crippen molar-refractivity contribution in [3.63, 3.8) is 0 Å². The summed E-state index contributed by atoms with van der Waals surface area (Å²) >= 11 is 0. The number of carbonyl (C=O) groups is 1. The lowest BCUT2D eigenvalue weighted by Crippen LogP contribution is -2.53. The Balaban J connectivity index is 1.39. The van der Waals surface area contributed by atoms with Crippen LogP contribution in [0.3, 0.4) is 0 Å². The molecule has 1 amide bonds. The highest BCUT2D eigenvalue weighted by Crippen LogP contribution is 2.36. The summed E-state index contributed by atoms with van der Waals surface area (Å²) in [7, 11) is 3.35. The Bertz CT molecular complexity index is 1000. The van der Waals surface area contributed by atoms with E-state index in [2.05, 4.69) is 25.7 Å². The van der Waals surface area contributed by atoms with E-state index in [0.717, 1.165) is 18.9 Å². The highest BCUT2D eigenvalue weighted by molar-refractivity contribution is 6.03. The summed E-state index contributed by atoms with van der Waals surface area (Å²) in [6.07, 6.45) is -1.84. The van der Waals surface area contributed by atoms with Gasteiger partial charge in [0.2, 0.25) is 11.9 Å². The number of likely N-dealkylation sites (N-methyl/N-ethyl adjacent to an activating group) is 1. The van der Waals surface area contributed by atoms with Gasteiger partial charge in [0.05, 0.1) is 11.8 Å². The van der Waals surface area contributed by atoms with E-state index in [0.29, 0.717) is 29.7 Å². The number of methoxy groups -OCH3 is 1. The van der Waals surface area contributed by atoms with Crippen LogP contribution in [0, 0.1) is 12.8 Å². The van der Waals surface area contributed by atoms with Gasteiger partial charge in [0.15, 0.2) is 11.5 Å². The van der Waals surface area contributed by atoms with E-state index in [1.54, 1.807) is 26.0 Å². The fourth-order valence-corrected chi connectivity index (χ4v) is 4.25.